The maximum Gasteiger partial charge on any atom is 0.253 e. The molecule has 5 heteroatoms. The molecule has 2 amide bonds. The molecule has 0 spiro atoms. The van der Waals surface area contributed by atoms with Crippen LogP contribution in [-0.4, -0.2) is 24.9 Å². The van der Waals surface area contributed by atoms with E-state index in [1.54, 1.807) is 0 Å². The van der Waals surface area contributed by atoms with Crippen LogP contribution in [0.2, 0.25) is 0 Å². The van der Waals surface area contributed by atoms with Crippen molar-refractivity contribution >= 4 is 33.2 Å². The van der Waals surface area contributed by atoms with Gasteiger partial charge in [0.1, 0.15) is 0 Å². The largest absolute Gasteiger partial charge is 0.355 e. The van der Waals surface area contributed by atoms with Crippen LogP contribution in [0, 0.1) is 0 Å². The summed E-state index contributed by atoms with van der Waals surface area (Å²) < 4.78 is 1.07. The third kappa shape index (κ3) is 2.68. The second-order valence-electron chi connectivity index (χ2n) is 3.78. The van der Waals surface area contributed by atoms with Crippen LogP contribution in [0.4, 0.5) is 0 Å². The molecular weight excluding hydrogens is 248 g/mol. The summed E-state index contributed by atoms with van der Waals surface area (Å²) in [5.74, 6) is -0.385. The number of fused-ring (bicyclic) bond motifs is 1. The van der Waals surface area contributed by atoms with Gasteiger partial charge in [-0.2, -0.15) is 0 Å². The third-order valence-corrected chi connectivity index (χ3v) is 3.47. The quantitative estimate of drug-likeness (QED) is 0.882. The highest BCUT2D eigenvalue weighted by Gasteiger charge is 2.12. The van der Waals surface area contributed by atoms with Crippen LogP contribution in [0.3, 0.4) is 0 Å². The van der Waals surface area contributed by atoms with Crippen LogP contribution in [0.15, 0.2) is 29.6 Å². The van der Waals surface area contributed by atoms with E-state index in [-0.39, 0.29) is 18.4 Å². The highest BCUT2D eigenvalue weighted by atomic mass is 32.1. The fourth-order valence-corrected chi connectivity index (χ4v) is 2.61. The van der Waals surface area contributed by atoms with Crippen molar-refractivity contribution < 1.29 is 9.59 Å². The maximum atomic E-state index is 11.9. The molecule has 0 saturated carbocycles. The van der Waals surface area contributed by atoms with Crippen molar-refractivity contribution in [3.8, 4) is 0 Å². The molecule has 1 heterocycles. The van der Waals surface area contributed by atoms with Crippen LogP contribution in [-0.2, 0) is 4.79 Å². The van der Waals surface area contributed by atoms with E-state index in [2.05, 4.69) is 10.6 Å². The molecule has 0 bridgehead atoms. The van der Waals surface area contributed by atoms with Crippen molar-refractivity contribution in [2.75, 3.05) is 13.1 Å². The van der Waals surface area contributed by atoms with Gasteiger partial charge in [-0.3, -0.25) is 9.59 Å². The Hall–Kier alpha value is -1.88. The lowest BCUT2D eigenvalue weighted by molar-refractivity contribution is -0.120. The van der Waals surface area contributed by atoms with E-state index in [1.807, 2.05) is 36.6 Å². The summed E-state index contributed by atoms with van der Waals surface area (Å²) in [4.78, 5) is 23.2. The summed E-state index contributed by atoms with van der Waals surface area (Å²) in [6.07, 6.45) is 0. The first kappa shape index (κ1) is 12.6. The molecule has 2 rings (SSSR count). The fraction of sp³-hybridized carbons (Fsp3) is 0.231. The van der Waals surface area contributed by atoms with Crippen molar-refractivity contribution in [2.45, 2.75) is 6.92 Å². The Morgan fingerprint density at radius 2 is 2.00 bits per heavy atom. The predicted molar refractivity (Wildman–Crippen MR) is 72.8 cm³/mol. The molecule has 0 radical (unpaired) electrons. The number of likely N-dealkylation sites (N-methyl/N-ethyl adjacent to an activating group) is 1. The molecule has 2 aromatic rings. The molecule has 94 valence electrons. The molecule has 0 aliphatic carbocycles. The number of benzene rings is 1. The smallest absolute Gasteiger partial charge is 0.253 e. The average Bonchev–Trinajstić information content (AvgIpc) is 2.80. The van der Waals surface area contributed by atoms with Gasteiger partial charge in [-0.1, -0.05) is 18.2 Å². The van der Waals surface area contributed by atoms with Crippen LogP contribution in [0.25, 0.3) is 10.1 Å². The number of nitrogens with one attached hydrogen (secondary N) is 2. The van der Waals surface area contributed by atoms with Gasteiger partial charge in [-0.25, -0.2) is 0 Å². The number of hydrogen-bond acceptors (Lipinski definition) is 3. The van der Waals surface area contributed by atoms with Gasteiger partial charge in [-0.15, -0.1) is 11.3 Å². The molecule has 2 N–H and O–H groups in total. The van der Waals surface area contributed by atoms with E-state index >= 15 is 0 Å². The van der Waals surface area contributed by atoms with Gasteiger partial charge in [0, 0.05) is 22.0 Å². The van der Waals surface area contributed by atoms with Gasteiger partial charge in [0.25, 0.3) is 5.91 Å². The van der Waals surface area contributed by atoms with Crippen molar-refractivity contribution in [1.29, 1.82) is 0 Å². The lowest BCUT2D eigenvalue weighted by Gasteiger charge is -2.04. The third-order valence-electron chi connectivity index (χ3n) is 2.51. The Morgan fingerprint density at radius 3 is 2.78 bits per heavy atom. The van der Waals surface area contributed by atoms with Gasteiger partial charge in [0.15, 0.2) is 0 Å². The summed E-state index contributed by atoms with van der Waals surface area (Å²) in [5.41, 5.74) is 0.625. The molecule has 18 heavy (non-hydrogen) atoms. The minimum absolute atomic E-state index is 0.0108. The first-order chi connectivity index (χ1) is 8.72. The van der Waals surface area contributed by atoms with Crippen molar-refractivity contribution in [3.63, 3.8) is 0 Å². The van der Waals surface area contributed by atoms with Gasteiger partial charge < -0.3 is 10.6 Å². The number of carbonyl (C=O) groups excluding carboxylic acids is 2. The summed E-state index contributed by atoms with van der Waals surface area (Å²) in [6, 6.07) is 7.72. The minimum Gasteiger partial charge on any atom is -0.355 e. The Balaban J connectivity index is 2.07. The first-order valence-electron chi connectivity index (χ1n) is 5.73. The summed E-state index contributed by atoms with van der Waals surface area (Å²) in [7, 11) is 0. The van der Waals surface area contributed by atoms with Crippen LogP contribution < -0.4 is 10.6 Å². The zero-order valence-corrected chi connectivity index (χ0v) is 10.8. The highest BCUT2D eigenvalue weighted by molar-refractivity contribution is 7.17. The second kappa shape index (κ2) is 5.64. The van der Waals surface area contributed by atoms with Gasteiger partial charge in [0.05, 0.1) is 12.1 Å². The van der Waals surface area contributed by atoms with E-state index in [9.17, 15) is 9.59 Å². The summed E-state index contributed by atoms with van der Waals surface area (Å²) >= 11 is 1.53. The SMILES string of the molecule is CCNC(=O)CNC(=O)c1csc2ccccc12. The Morgan fingerprint density at radius 1 is 1.22 bits per heavy atom. The zero-order valence-electron chi connectivity index (χ0n) is 10.0. The van der Waals surface area contributed by atoms with E-state index < -0.39 is 0 Å². The van der Waals surface area contributed by atoms with Gasteiger partial charge >= 0.3 is 0 Å². The molecule has 0 saturated heterocycles. The molecule has 1 aromatic carbocycles. The summed E-state index contributed by atoms with van der Waals surface area (Å²) in [5, 5.41) is 7.99. The molecular formula is C13H14N2O2S. The molecule has 0 fully saturated rings. The molecule has 0 aliphatic heterocycles. The number of hydrogen-bond donors (Lipinski definition) is 2. The minimum atomic E-state index is -0.210. The fourth-order valence-electron chi connectivity index (χ4n) is 1.67. The average molecular weight is 262 g/mol. The van der Waals surface area contributed by atoms with Crippen LogP contribution >= 0.6 is 11.3 Å². The summed E-state index contributed by atoms with van der Waals surface area (Å²) in [6.45, 7) is 2.42. The Labute approximate surface area is 109 Å². The Bertz CT molecular complexity index is 577. The monoisotopic (exact) mass is 262 g/mol. The highest BCUT2D eigenvalue weighted by Crippen LogP contribution is 2.25. The lowest BCUT2D eigenvalue weighted by atomic mass is 10.1. The zero-order chi connectivity index (χ0) is 13.0. The topological polar surface area (TPSA) is 58.2 Å². The lowest BCUT2D eigenvalue weighted by Crippen LogP contribution is -2.36. The van der Waals surface area contributed by atoms with E-state index in [0.717, 1.165) is 10.1 Å². The van der Waals surface area contributed by atoms with Crippen molar-refractivity contribution in [1.82, 2.24) is 10.6 Å². The normalized spacial score (nSPS) is 10.3. The number of thiophene rings is 1. The molecule has 0 aliphatic rings. The molecule has 1 aromatic heterocycles. The second-order valence-corrected chi connectivity index (χ2v) is 4.69. The van der Waals surface area contributed by atoms with Crippen LogP contribution in [0.1, 0.15) is 17.3 Å². The number of rotatable bonds is 4. The van der Waals surface area contributed by atoms with E-state index in [0.29, 0.717) is 12.1 Å². The molecule has 4 nitrogen and oxygen atoms in total. The number of amides is 2. The van der Waals surface area contributed by atoms with Gasteiger partial charge in [-0.05, 0) is 13.0 Å². The maximum absolute atomic E-state index is 11.9. The van der Waals surface area contributed by atoms with Crippen molar-refractivity contribution in [3.05, 3.63) is 35.2 Å². The molecule has 0 unspecified atom stereocenters. The van der Waals surface area contributed by atoms with Crippen molar-refractivity contribution in [2.24, 2.45) is 0 Å². The molecule has 0 atom stereocenters. The van der Waals surface area contributed by atoms with E-state index in [1.165, 1.54) is 11.3 Å². The van der Waals surface area contributed by atoms with E-state index in [4.69, 9.17) is 0 Å². The van der Waals surface area contributed by atoms with Crippen LogP contribution in [0.5, 0.6) is 0 Å². The number of carbonyl (C=O) groups is 2. The Kier molecular flexibility index (Phi) is 3.94. The standard InChI is InChI=1S/C13H14N2O2S/c1-2-14-12(16)7-15-13(17)10-8-18-11-6-4-3-5-9(10)11/h3-6,8H,2,7H2,1H3,(H,14,16)(H,15,17). The van der Waals surface area contributed by atoms with Gasteiger partial charge in [0.2, 0.25) is 5.91 Å². The predicted octanol–water partition coefficient (Wildman–Crippen LogP) is 1.77. The first-order valence-corrected chi connectivity index (χ1v) is 6.61.